The molecule has 2 unspecified atom stereocenters. The van der Waals surface area contributed by atoms with E-state index < -0.39 is 5.97 Å². The summed E-state index contributed by atoms with van der Waals surface area (Å²) in [6.07, 6.45) is 5.13. The summed E-state index contributed by atoms with van der Waals surface area (Å²) < 4.78 is 0. The summed E-state index contributed by atoms with van der Waals surface area (Å²) in [6, 6.07) is 0.0839. The van der Waals surface area contributed by atoms with E-state index in [2.05, 4.69) is 15.3 Å². The van der Waals surface area contributed by atoms with Gasteiger partial charge in [0.25, 0.3) is 0 Å². The lowest BCUT2D eigenvalue weighted by atomic mass is 9.79. The zero-order chi connectivity index (χ0) is 11.5. The highest BCUT2D eigenvalue weighted by molar-refractivity contribution is 5.72. The van der Waals surface area contributed by atoms with Crippen molar-refractivity contribution < 1.29 is 9.90 Å². The van der Waals surface area contributed by atoms with Gasteiger partial charge in [0.1, 0.15) is 0 Å². The summed E-state index contributed by atoms with van der Waals surface area (Å²) in [5, 5.41) is 12.1. The van der Waals surface area contributed by atoms with Gasteiger partial charge in [0.2, 0.25) is 0 Å². The van der Waals surface area contributed by atoms with Crippen LogP contribution in [-0.4, -0.2) is 27.1 Å². The number of nitrogens with one attached hydrogen (secondary N) is 1. The van der Waals surface area contributed by atoms with Gasteiger partial charge in [-0.05, 0) is 19.8 Å². The maximum absolute atomic E-state index is 10.8. The van der Waals surface area contributed by atoms with E-state index in [9.17, 15) is 4.79 Å². The molecule has 0 spiro atoms. The summed E-state index contributed by atoms with van der Waals surface area (Å²) in [5.74, 6) is -0.947. The third kappa shape index (κ3) is 2.36. The van der Waals surface area contributed by atoms with E-state index in [0.717, 1.165) is 24.2 Å². The molecule has 2 atom stereocenters. The molecule has 0 aromatic carbocycles. The van der Waals surface area contributed by atoms with Gasteiger partial charge < -0.3 is 10.4 Å². The van der Waals surface area contributed by atoms with Gasteiger partial charge in [0.05, 0.1) is 17.3 Å². The molecule has 5 heteroatoms. The normalized spacial score (nSPS) is 23.8. The van der Waals surface area contributed by atoms with Crippen LogP contribution in [0.4, 0.5) is 0 Å². The van der Waals surface area contributed by atoms with Gasteiger partial charge in [-0.2, -0.15) is 0 Å². The molecule has 0 amide bonds. The van der Waals surface area contributed by atoms with Crippen molar-refractivity contribution in [2.24, 2.45) is 5.92 Å². The van der Waals surface area contributed by atoms with E-state index in [1.54, 1.807) is 12.4 Å². The maximum Gasteiger partial charge on any atom is 0.308 e. The van der Waals surface area contributed by atoms with Crippen LogP contribution in [0.3, 0.4) is 0 Å². The first-order chi connectivity index (χ1) is 7.66. The average molecular weight is 221 g/mol. The Morgan fingerprint density at radius 1 is 1.50 bits per heavy atom. The van der Waals surface area contributed by atoms with Crippen molar-refractivity contribution in [3.05, 3.63) is 23.8 Å². The minimum absolute atomic E-state index is 0.0839. The summed E-state index contributed by atoms with van der Waals surface area (Å²) in [6.45, 7) is 2.47. The van der Waals surface area contributed by atoms with Crippen molar-refractivity contribution in [2.75, 3.05) is 0 Å². The topological polar surface area (TPSA) is 75.1 Å². The quantitative estimate of drug-likeness (QED) is 0.784. The summed E-state index contributed by atoms with van der Waals surface area (Å²) in [5.41, 5.74) is 1.73. The van der Waals surface area contributed by atoms with Crippen molar-refractivity contribution >= 4 is 5.97 Å². The molecule has 1 aromatic heterocycles. The molecule has 0 radical (unpaired) electrons. The molecule has 2 N–H and O–H groups in total. The number of carbonyl (C=O) groups is 1. The predicted molar refractivity (Wildman–Crippen MR) is 57.8 cm³/mol. The molecule has 86 valence electrons. The lowest BCUT2D eigenvalue weighted by Crippen LogP contribution is -2.47. The molecule has 5 nitrogen and oxygen atoms in total. The second kappa shape index (κ2) is 4.57. The summed E-state index contributed by atoms with van der Waals surface area (Å²) in [7, 11) is 0. The molecule has 2 rings (SSSR count). The van der Waals surface area contributed by atoms with E-state index >= 15 is 0 Å². The molecular weight excluding hydrogens is 206 g/mol. The molecule has 1 fully saturated rings. The maximum atomic E-state index is 10.8. The van der Waals surface area contributed by atoms with E-state index in [4.69, 9.17) is 5.11 Å². The Morgan fingerprint density at radius 3 is 2.81 bits per heavy atom. The number of rotatable bonds is 4. The Bertz CT molecular complexity index is 377. The number of aromatic nitrogens is 2. The average Bonchev–Trinajstić information content (AvgIpc) is 2.18. The first-order valence-electron chi connectivity index (χ1n) is 5.40. The Morgan fingerprint density at radius 2 is 2.31 bits per heavy atom. The molecular formula is C11H15N3O2. The SMILES string of the molecule is Cc1cnc(CNC2CCC2C(=O)O)cn1. The molecule has 0 aliphatic heterocycles. The van der Waals surface area contributed by atoms with Crippen LogP contribution in [-0.2, 0) is 11.3 Å². The van der Waals surface area contributed by atoms with Crippen LogP contribution in [0.1, 0.15) is 24.2 Å². The molecule has 1 aromatic rings. The Labute approximate surface area is 93.9 Å². The molecule has 0 bridgehead atoms. The fourth-order valence-corrected chi connectivity index (χ4v) is 1.79. The monoisotopic (exact) mass is 221 g/mol. The number of hydrogen-bond donors (Lipinski definition) is 2. The van der Waals surface area contributed by atoms with Gasteiger partial charge in [-0.25, -0.2) is 0 Å². The third-order valence-corrected chi connectivity index (χ3v) is 2.97. The van der Waals surface area contributed by atoms with Crippen molar-refractivity contribution in [3.8, 4) is 0 Å². The van der Waals surface area contributed by atoms with Crippen LogP contribution >= 0.6 is 0 Å². The van der Waals surface area contributed by atoms with Crippen LogP contribution < -0.4 is 5.32 Å². The Hall–Kier alpha value is -1.49. The highest BCUT2D eigenvalue weighted by Crippen LogP contribution is 2.27. The van der Waals surface area contributed by atoms with Crippen LogP contribution in [0.25, 0.3) is 0 Å². The summed E-state index contributed by atoms with van der Waals surface area (Å²) >= 11 is 0. The second-order valence-corrected chi connectivity index (χ2v) is 4.16. The zero-order valence-corrected chi connectivity index (χ0v) is 9.18. The second-order valence-electron chi connectivity index (χ2n) is 4.16. The van der Waals surface area contributed by atoms with Gasteiger partial charge in [-0.15, -0.1) is 0 Å². The predicted octanol–water partition coefficient (Wildman–Crippen LogP) is 0.738. The van der Waals surface area contributed by atoms with Gasteiger partial charge >= 0.3 is 5.97 Å². The zero-order valence-electron chi connectivity index (χ0n) is 9.18. The molecule has 1 saturated carbocycles. The van der Waals surface area contributed by atoms with Crippen LogP contribution in [0, 0.1) is 12.8 Å². The van der Waals surface area contributed by atoms with Crippen LogP contribution in [0.2, 0.25) is 0 Å². The van der Waals surface area contributed by atoms with Crippen LogP contribution in [0.5, 0.6) is 0 Å². The van der Waals surface area contributed by atoms with Crippen molar-refractivity contribution in [1.29, 1.82) is 0 Å². The highest BCUT2D eigenvalue weighted by Gasteiger charge is 2.35. The van der Waals surface area contributed by atoms with E-state index in [1.165, 1.54) is 0 Å². The van der Waals surface area contributed by atoms with Crippen molar-refractivity contribution in [1.82, 2.24) is 15.3 Å². The largest absolute Gasteiger partial charge is 0.481 e. The fourth-order valence-electron chi connectivity index (χ4n) is 1.79. The number of carboxylic acids is 1. The number of aryl methyl sites for hydroxylation is 1. The molecule has 1 heterocycles. The van der Waals surface area contributed by atoms with Crippen molar-refractivity contribution in [2.45, 2.75) is 32.4 Å². The Balaban J connectivity index is 1.84. The first kappa shape index (κ1) is 11.0. The minimum atomic E-state index is -0.709. The smallest absolute Gasteiger partial charge is 0.308 e. The summed E-state index contributed by atoms with van der Waals surface area (Å²) in [4.78, 5) is 19.1. The number of hydrogen-bond acceptors (Lipinski definition) is 4. The standard InChI is InChI=1S/C11H15N3O2/c1-7-4-13-8(5-12-7)6-14-10-3-2-9(10)11(15)16/h4-5,9-10,14H,2-3,6H2,1H3,(H,15,16). The van der Waals surface area contributed by atoms with Gasteiger partial charge in [-0.3, -0.25) is 14.8 Å². The van der Waals surface area contributed by atoms with Gasteiger partial charge in [0.15, 0.2) is 0 Å². The Kier molecular flexibility index (Phi) is 3.14. The highest BCUT2D eigenvalue weighted by atomic mass is 16.4. The van der Waals surface area contributed by atoms with E-state index in [1.807, 2.05) is 6.92 Å². The van der Waals surface area contributed by atoms with E-state index in [-0.39, 0.29) is 12.0 Å². The lowest BCUT2D eigenvalue weighted by molar-refractivity contribution is -0.146. The molecule has 0 saturated heterocycles. The van der Waals surface area contributed by atoms with Gasteiger partial charge in [-0.1, -0.05) is 0 Å². The molecule has 16 heavy (non-hydrogen) atoms. The minimum Gasteiger partial charge on any atom is -0.481 e. The number of carboxylic acid groups (broad SMARTS) is 1. The molecule has 1 aliphatic carbocycles. The number of aliphatic carboxylic acids is 1. The van der Waals surface area contributed by atoms with Crippen LogP contribution in [0.15, 0.2) is 12.4 Å². The fraction of sp³-hybridized carbons (Fsp3) is 0.545. The van der Waals surface area contributed by atoms with Gasteiger partial charge in [0, 0.05) is 25.0 Å². The van der Waals surface area contributed by atoms with Crippen molar-refractivity contribution in [3.63, 3.8) is 0 Å². The lowest BCUT2D eigenvalue weighted by Gasteiger charge is -2.33. The molecule has 1 aliphatic rings. The first-order valence-corrected chi connectivity index (χ1v) is 5.40. The third-order valence-electron chi connectivity index (χ3n) is 2.97. The van der Waals surface area contributed by atoms with E-state index in [0.29, 0.717) is 6.54 Å². The number of nitrogens with zero attached hydrogens (tertiary/aromatic N) is 2.